The second-order valence-electron chi connectivity index (χ2n) is 4.08. The Labute approximate surface area is 83.8 Å². The molecule has 0 aromatic heterocycles. The molecule has 0 atom stereocenters. The topological polar surface area (TPSA) is 12.0 Å². The summed E-state index contributed by atoms with van der Waals surface area (Å²) in [5, 5.41) is 6.10. The summed E-state index contributed by atoms with van der Waals surface area (Å²) >= 11 is 0. The molecule has 1 N–H and O–H groups in total. The lowest BCUT2D eigenvalue weighted by Crippen LogP contribution is -1.99. The molecule has 1 heterocycles. The van der Waals surface area contributed by atoms with Crippen molar-refractivity contribution >= 4 is 10.8 Å². The van der Waals surface area contributed by atoms with Crippen molar-refractivity contribution in [2.45, 2.75) is 20.0 Å². The van der Waals surface area contributed by atoms with E-state index in [1.54, 1.807) is 0 Å². The molecule has 0 bridgehead atoms. The van der Waals surface area contributed by atoms with E-state index in [-0.39, 0.29) is 0 Å². The highest BCUT2D eigenvalue weighted by atomic mass is 14.9. The summed E-state index contributed by atoms with van der Waals surface area (Å²) in [5.41, 5.74) is 4.26. The number of nitrogens with one attached hydrogen (secondary N) is 1. The van der Waals surface area contributed by atoms with Crippen LogP contribution in [0.1, 0.15) is 16.7 Å². The Balaban J connectivity index is 2.33. The van der Waals surface area contributed by atoms with Crippen molar-refractivity contribution in [3.05, 3.63) is 47.0 Å². The largest absolute Gasteiger partial charge is 0.309 e. The minimum atomic E-state index is 1.03. The van der Waals surface area contributed by atoms with E-state index in [0.29, 0.717) is 0 Å². The summed E-state index contributed by atoms with van der Waals surface area (Å²) in [4.78, 5) is 0. The minimum Gasteiger partial charge on any atom is -0.309 e. The number of rotatable bonds is 0. The van der Waals surface area contributed by atoms with Crippen molar-refractivity contribution in [1.82, 2.24) is 5.32 Å². The van der Waals surface area contributed by atoms with E-state index >= 15 is 0 Å². The first-order chi connectivity index (χ1) is 6.83. The van der Waals surface area contributed by atoms with E-state index < -0.39 is 0 Å². The fraction of sp³-hybridized carbons (Fsp3) is 0.231. The van der Waals surface area contributed by atoms with Crippen LogP contribution in [0.5, 0.6) is 0 Å². The van der Waals surface area contributed by atoms with Crippen LogP contribution in [0, 0.1) is 6.92 Å². The minimum absolute atomic E-state index is 1.03. The Bertz CT molecular complexity index is 500. The van der Waals surface area contributed by atoms with E-state index in [9.17, 15) is 0 Å². The van der Waals surface area contributed by atoms with E-state index in [4.69, 9.17) is 0 Å². The molecular formula is C13H13N. The third-order valence-electron chi connectivity index (χ3n) is 2.95. The van der Waals surface area contributed by atoms with Crippen LogP contribution in [-0.4, -0.2) is 0 Å². The van der Waals surface area contributed by atoms with Gasteiger partial charge in [0.25, 0.3) is 0 Å². The molecule has 0 unspecified atom stereocenters. The summed E-state index contributed by atoms with van der Waals surface area (Å²) in [5.74, 6) is 0. The van der Waals surface area contributed by atoms with Crippen LogP contribution >= 0.6 is 0 Å². The van der Waals surface area contributed by atoms with Gasteiger partial charge >= 0.3 is 0 Å². The van der Waals surface area contributed by atoms with Crippen molar-refractivity contribution in [3.8, 4) is 0 Å². The molecule has 0 aliphatic carbocycles. The zero-order chi connectivity index (χ0) is 9.54. The predicted molar refractivity (Wildman–Crippen MR) is 59.2 cm³/mol. The summed E-state index contributed by atoms with van der Waals surface area (Å²) in [6.07, 6.45) is 0. The van der Waals surface area contributed by atoms with Crippen molar-refractivity contribution in [2.75, 3.05) is 0 Å². The van der Waals surface area contributed by atoms with Gasteiger partial charge in [-0.25, -0.2) is 0 Å². The van der Waals surface area contributed by atoms with Gasteiger partial charge in [0.05, 0.1) is 0 Å². The molecule has 1 aliphatic rings. The van der Waals surface area contributed by atoms with Crippen LogP contribution < -0.4 is 5.32 Å². The molecular weight excluding hydrogens is 170 g/mol. The monoisotopic (exact) mass is 183 g/mol. The number of aryl methyl sites for hydroxylation is 1. The Morgan fingerprint density at radius 2 is 1.64 bits per heavy atom. The number of fused-ring (bicyclic) bond motifs is 2. The summed E-state index contributed by atoms with van der Waals surface area (Å²) in [7, 11) is 0. The zero-order valence-electron chi connectivity index (χ0n) is 8.30. The third-order valence-corrected chi connectivity index (χ3v) is 2.95. The van der Waals surface area contributed by atoms with Gasteiger partial charge in [-0.05, 0) is 41.0 Å². The molecule has 1 aliphatic heterocycles. The first-order valence-corrected chi connectivity index (χ1v) is 5.06. The summed E-state index contributed by atoms with van der Waals surface area (Å²) in [6.45, 7) is 4.20. The molecule has 3 rings (SSSR count). The normalized spacial score (nSPS) is 14.6. The van der Waals surface area contributed by atoms with Crippen molar-refractivity contribution in [2.24, 2.45) is 0 Å². The Morgan fingerprint density at radius 3 is 2.43 bits per heavy atom. The molecule has 0 fully saturated rings. The maximum absolute atomic E-state index is 3.38. The average Bonchev–Trinajstić information content (AvgIpc) is 2.61. The highest BCUT2D eigenvalue weighted by Gasteiger charge is 2.10. The molecule has 0 radical (unpaired) electrons. The standard InChI is InChI=1S/C13H13N/c1-9-2-3-10-5-12-7-14-8-13(12)6-11(10)4-9/h2-6,14H,7-8H2,1H3. The van der Waals surface area contributed by atoms with Gasteiger partial charge in [-0.15, -0.1) is 0 Å². The molecule has 1 nitrogen and oxygen atoms in total. The summed E-state index contributed by atoms with van der Waals surface area (Å²) in [6, 6.07) is 11.3. The Morgan fingerprint density at radius 1 is 0.929 bits per heavy atom. The highest BCUT2D eigenvalue weighted by Crippen LogP contribution is 2.24. The first kappa shape index (κ1) is 8.01. The van der Waals surface area contributed by atoms with Crippen LogP contribution in [0.25, 0.3) is 10.8 Å². The molecule has 0 saturated carbocycles. The SMILES string of the molecule is Cc1ccc2cc3c(cc2c1)CNC3. The zero-order valence-corrected chi connectivity index (χ0v) is 8.30. The summed E-state index contributed by atoms with van der Waals surface area (Å²) < 4.78 is 0. The first-order valence-electron chi connectivity index (χ1n) is 5.06. The van der Waals surface area contributed by atoms with Crippen LogP contribution in [0.2, 0.25) is 0 Å². The smallest absolute Gasteiger partial charge is 0.0212 e. The van der Waals surface area contributed by atoms with Gasteiger partial charge in [0, 0.05) is 13.1 Å². The number of benzene rings is 2. The lowest BCUT2D eigenvalue weighted by Gasteiger charge is -2.03. The lowest BCUT2D eigenvalue weighted by atomic mass is 10.0. The second kappa shape index (κ2) is 2.82. The Hall–Kier alpha value is -1.34. The van der Waals surface area contributed by atoms with Crippen molar-refractivity contribution in [3.63, 3.8) is 0 Å². The lowest BCUT2D eigenvalue weighted by molar-refractivity contribution is 0.765. The van der Waals surface area contributed by atoms with E-state index in [1.165, 1.54) is 27.5 Å². The van der Waals surface area contributed by atoms with Gasteiger partial charge in [-0.2, -0.15) is 0 Å². The molecule has 1 heteroatoms. The fourth-order valence-corrected chi connectivity index (χ4v) is 2.17. The van der Waals surface area contributed by atoms with Crippen molar-refractivity contribution in [1.29, 1.82) is 0 Å². The van der Waals surface area contributed by atoms with Crippen LogP contribution in [-0.2, 0) is 13.1 Å². The van der Waals surface area contributed by atoms with Gasteiger partial charge in [0.2, 0.25) is 0 Å². The predicted octanol–water partition coefficient (Wildman–Crippen LogP) is 2.75. The molecule has 0 amide bonds. The molecule has 14 heavy (non-hydrogen) atoms. The van der Waals surface area contributed by atoms with Gasteiger partial charge < -0.3 is 5.32 Å². The van der Waals surface area contributed by atoms with Gasteiger partial charge in [0.1, 0.15) is 0 Å². The molecule has 70 valence electrons. The number of hydrogen-bond acceptors (Lipinski definition) is 1. The van der Waals surface area contributed by atoms with Gasteiger partial charge in [0.15, 0.2) is 0 Å². The van der Waals surface area contributed by atoms with Crippen LogP contribution in [0.15, 0.2) is 30.3 Å². The molecule has 2 aromatic carbocycles. The van der Waals surface area contributed by atoms with Crippen LogP contribution in [0.3, 0.4) is 0 Å². The van der Waals surface area contributed by atoms with E-state index in [2.05, 4.69) is 42.6 Å². The Kier molecular flexibility index (Phi) is 1.62. The molecule has 0 spiro atoms. The second-order valence-corrected chi connectivity index (χ2v) is 4.08. The molecule has 2 aromatic rings. The fourth-order valence-electron chi connectivity index (χ4n) is 2.17. The van der Waals surface area contributed by atoms with Crippen LogP contribution in [0.4, 0.5) is 0 Å². The third kappa shape index (κ3) is 1.13. The van der Waals surface area contributed by atoms with E-state index in [0.717, 1.165) is 13.1 Å². The van der Waals surface area contributed by atoms with Crippen molar-refractivity contribution < 1.29 is 0 Å². The highest BCUT2D eigenvalue weighted by molar-refractivity contribution is 5.85. The van der Waals surface area contributed by atoms with Gasteiger partial charge in [-0.1, -0.05) is 23.8 Å². The molecule has 0 saturated heterocycles. The quantitative estimate of drug-likeness (QED) is 0.662. The van der Waals surface area contributed by atoms with Gasteiger partial charge in [-0.3, -0.25) is 0 Å². The number of hydrogen-bond donors (Lipinski definition) is 1. The maximum atomic E-state index is 3.38. The van der Waals surface area contributed by atoms with E-state index in [1.807, 2.05) is 0 Å². The average molecular weight is 183 g/mol. The maximum Gasteiger partial charge on any atom is 0.0212 e.